The molecule has 1 aliphatic rings. The molecule has 1 atom stereocenters. The molecule has 0 fully saturated rings. The second-order valence-corrected chi connectivity index (χ2v) is 4.23. The maximum absolute atomic E-state index is 5.89. The first-order valence-electron chi connectivity index (χ1n) is 3.81. The van der Waals surface area contributed by atoms with Crippen molar-refractivity contribution in [3.8, 4) is 0 Å². The van der Waals surface area contributed by atoms with Gasteiger partial charge in [-0.1, -0.05) is 6.07 Å². The third kappa shape index (κ3) is 1.75. The van der Waals surface area contributed by atoms with Crippen molar-refractivity contribution in [2.45, 2.75) is 18.9 Å². The van der Waals surface area contributed by atoms with E-state index in [0.29, 0.717) is 6.04 Å². The van der Waals surface area contributed by atoms with Crippen LogP contribution in [0, 0.1) is 3.57 Å². The summed E-state index contributed by atoms with van der Waals surface area (Å²) in [5.74, 6) is 0. The fourth-order valence-electron chi connectivity index (χ4n) is 1.62. The van der Waals surface area contributed by atoms with Crippen LogP contribution >= 0.6 is 35.0 Å². The average Bonchev–Trinajstić information content (AvgIpc) is 2.32. The molecule has 2 rings (SSSR count). The van der Waals surface area contributed by atoms with Crippen LogP contribution in [0.4, 0.5) is 0 Å². The zero-order valence-electron chi connectivity index (χ0n) is 6.59. The van der Waals surface area contributed by atoms with Crippen LogP contribution in [0.3, 0.4) is 0 Å². The van der Waals surface area contributed by atoms with Crippen LogP contribution < -0.4 is 5.73 Å². The van der Waals surface area contributed by atoms with Crippen molar-refractivity contribution in [1.82, 2.24) is 0 Å². The van der Waals surface area contributed by atoms with Crippen LogP contribution in [0.2, 0.25) is 0 Å². The number of nitrogens with two attached hydrogens (primary N) is 1. The molecule has 0 bridgehead atoms. The van der Waals surface area contributed by atoms with E-state index < -0.39 is 0 Å². The first kappa shape index (κ1) is 10.3. The number of rotatable bonds is 0. The second-order valence-electron chi connectivity index (χ2n) is 2.99. The Kier molecular flexibility index (Phi) is 3.37. The normalized spacial score (nSPS) is 20.0. The van der Waals surface area contributed by atoms with Gasteiger partial charge in [0.1, 0.15) is 0 Å². The Morgan fingerprint density at radius 3 is 2.92 bits per heavy atom. The van der Waals surface area contributed by atoms with Crippen LogP contribution in [-0.4, -0.2) is 0 Å². The smallest absolute Gasteiger partial charge is 0.0300 e. The zero-order valence-corrected chi connectivity index (χ0v) is 9.56. The van der Waals surface area contributed by atoms with Gasteiger partial charge < -0.3 is 5.73 Å². The van der Waals surface area contributed by atoms with E-state index in [1.54, 1.807) is 0 Å². The number of aryl methyl sites for hydroxylation is 1. The van der Waals surface area contributed by atoms with Gasteiger partial charge in [-0.3, -0.25) is 0 Å². The lowest BCUT2D eigenvalue weighted by Gasteiger charge is -2.03. The van der Waals surface area contributed by atoms with E-state index in [1.807, 2.05) is 0 Å². The highest BCUT2D eigenvalue weighted by Gasteiger charge is 2.17. The maximum atomic E-state index is 5.89. The van der Waals surface area contributed by atoms with E-state index in [4.69, 9.17) is 5.73 Å². The SMILES string of the molecule is Cl.NC1CCc2cc(I)ccc21. The van der Waals surface area contributed by atoms with E-state index in [0.717, 1.165) is 12.8 Å². The number of fused-ring (bicyclic) bond motifs is 1. The molecule has 12 heavy (non-hydrogen) atoms. The summed E-state index contributed by atoms with van der Waals surface area (Å²) >= 11 is 2.34. The summed E-state index contributed by atoms with van der Waals surface area (Å²) in [5.41, 5.74) is 8.69. The molecule has 0 amide bonds. The Labute approximate surface area is 92.3 Å². The van der Waals surface area contributed by atoms with Gasteiger partial charge in [0.25, 0.3) is 0 Å². The van der Waals surface area contributed by atoms with Crippen LogP contribution in [-0.2, 0) is 6.42 Å². The molecule has 0 aromatic heterocycles. The summed E-state index contributed by atoms with van der Waals surface area (Å²) < 4.78 is 1.32. The number of hydrogen-bond donors (Lipinski definition) is 1. The summed E-state index contributed by atoms with van der Waals surface area (Å²) in [6.45, 7) is 0. The topological polar surface area (TPSA) is 26.0 Å². The highest BCUT2D eigenvalue weighted by molar-refractivity contribution is 14.1. The van der Waals surface area contributed by atoms with Gasteiger partial charge in [-0.25, -0.2) is 0 Å². The van der Waals surface area contributed by atoms with E-state index in [2.05, 4.69) is 40.8 Å². The van der Waals surface area contributed by atoms with Crippen LogP contribution in [0.15, 0.2) is 18.2 Å². The monoisotopic (exact) mass is 295 g/mol. The van der Waals surface area contributed by atoms with Gasteiger partial charge in [0.2, 0.25) is 0 Å². The molecule has 0 saturated heterocycles. The standard InChI is InChI=1S/C9H10IN.ClH/c10-7-2-3-8-6(5-7)1-4-9(8)11;/h2-3,5,9H,1,4,11H2;1H. The molecule has 0 saturated carbocycles. The summed E-state index contributed by atoms with van der Waals surface area (Å²) in [6, 6.07) is 6.82. The van der Waals surface area contributed by atoms with E-state index in [-0.39, 0.29) is 12.4 Å². The molecule has 1 aromatic carbocycles. The van der Waals surface area contributed by atoms with E-state index in [9.17, 15) is 0 Å². The Morgan fingerprint density at radius 1 is 1.42 bits per heavy atom. The lowest BCUT2D eigenvalue weighted by molar-refractivity contribution is 0.713. The van der Waals surface area contributed by atoms with Gasteiger partial charge in [0.05, 0.1) is 0 Å². The van der Waals surface area contributed by atoms with Crippen molar-refractivity contribution in [2.24, 2.45) is 5.73 Å². The molecule has 0 heterocycles. The lowest BCUT2D eigenvalue weighted by atomic mass is 10.1. The molecule has 66 valence electrons. The largest absolute Gasteiger partial charge is 0.324 e. The number of benzene rings is 1. The molecule has 1 nitrogen and oxygen atoms in total. The molecule has 0 spiro atoms. The van der Waals surface area contributed by atoms with Crippen molar-refractivity contribution in [1.29, 1.82) is 0 Å². The third-order valence-electron chi connectivity index (χ3n) is 2.23. The van der Waals surface area contributed by atoms with Crippen LogP contribution in [0.5, 0.6) is 0 Å². The summed E-state index contributed by atoms with van der Waals surface area (Å²) in [7, 11) is 0. The molecule has 2 N–H and O–H groups in total. The van der Waals surface area contributed by atoms with Crippen molar-refractivity contribution >= 4 is 35.0 Å². The summed E-state index contributed by atoms with van der Waals surface area (Å²) in [6.07, 6.45) is 2.28. The molecule has 1 aliphatic carbocycles. The van der Waals surface area contributed by atoms with Crippen LogP contribution in [0.1, 0.15) is 23.6 Å². The highest BCUT2D eigenvalue weighted by Crippen LogP contribution is 2.29. The zero-order chi connectivity index (χ0) is 7.84. The Bertz CT molecular complexity index is 288. The Hall–Kier alpha value is 0.200. The minimum Gasteiger partial charge on any atom is -0.324 e. The van der Waals surface area contributed by atoms with Crippen LogP contribution in [0.25, 0.3) is 0 Å². The predicted molar refractivity (Wildman–Crippen MR) is 61.7 cm³/mol. The fraction of sp³-hybridized carbons (Fsp3) is 0.333. The van der Waals surface area contributed by atoms with E-state index in [1.165, 1.54) is 14.7 Å². The molecule has 0 aliphatic heterocycles. The molecule has 0 radical (unpaired) electrons. The molecular weight excluding hydrogens is 284 g/mol. The summed E-state index contributed by atoms with van der Waals surface area (Å²) in [5, 5.41) is 0. The second kappa shape index (κ2) is 3.94. The van der Waals surface area contributed by atoms with Gasteiger partial charge in [0, 0.05) is 9.61 Å². The lowest BCUT2D eigenvalue weighted by Crippen LogP contribution is -2.04. The number of halogens is 2. The Balaban J connectivity index is 0.000000720. The molecular formula is C9H11ClIN. The van der Waals surface area contributed by atoms with Crippen molar-refractivity contribution in [2.75, 3.05) is 0 Å². The predicted octanol–water partition coefficient (Wildman–Crippen LogP) is 2.66. The van der Waals surface area contributed by atoms with Crippen molar-refractivity contribution in [3.63, 3.8) is 0 Å². The molecule has 1 aromatic rings. The quantitative estimate of drug-likeness (QED) is 0.732. The molecule has 3 heteroatoms. The van der Waals surface area contributed by atoms with E-state index >= 15 is 0 Å². The fourth-order valence-corrected chi connectivity index (χ4v) is 2.17. The Morgan fingerprint density at radius 2 is 2.17 bits per heavy atom. The average molecular weight is 296 g/mol. The highest BCUT2D eigenvalue weighted by atomic mass is 127. The minimum absolute atomic E-state index is 0. The first-order valence-corrected chi connectivity index (χ1v) is 4.89. The number of hydrogen-bond acceptors (Lipinski definition) is 1. The van der Waals surface area contributed by atoms with Gasteiger partial charge in [-0.05, 0) is 58.7 Å². The summed E-state index contributed by atoms with van der Waals surface area (Å²) in [4.78, 5) is 0. The van der Waals surface area contributed by atoms with Crippen molar-refractivity contribution in [3.05, 3.63) is 32.9 Å². The van der Waals surface area contributed by atoms with Gasteiger partial charge in [-0.2, -0.15) is 0 Å². The maximum Gasteiger partial charge on any atom is 0.0300 e. The van der Waals surface area contributed by atoms with Gasteiger partial charge >= 0.3 is 0 Å². The third-order valence-corrected chi connectivity index (χ3v) is 2.90. The molecule has 1 unspecified atom stereocenters. The van der Waals surface area contributed by atoms with Gasteiger partial charge in [-0.15, -0.1) is 12.4 Å². The minimum atomic E-state index is 0. The van der Waals surface area contributed by atoms with Gasteiger partial charge in [0.15, 0.2) is 0 Å². The van der Waals surface area contributed by atoms with Crippen molar-refractivity contribution < 1.29 is 0 Å². The first-order chi connectivity index (χ1) is 5.27.